The van der Waals surface area contributed by atoms with Crippen LogP contribution in [-0.4, -0.2) is 49.7 Å². The van der Waals surface area contributed by atoms with E-state index >= 15 is 0 Å². The summed E-state index contributed by atoms with van der Waals surface area (Å²) >= 11 is 0. The number of alkyl halides is 3. The van der Waals surface area contributed by atoms with Crippen molar-refractivity contribution < 1.29 is 27.9 Å². The van der Waals surface area contributed by atoms with E-state index in [4.69, 9.17) is 0 Å². The number of halogens is 3. The molecule has 3 rings (SSSR count). The van der Waals surface area contributed by atoms with Crippen molar-refractivity contribution in [3.63, 3.8) is 0 Å². The van der Waals surface area contributed by atoms with Gasteiger partial charge in [-0.2, -0.15) is 13.2 Å². The molecule has 26 heavy (non-hydrogen) atoms. The van der Waals surface area contributed by atoms with Crippen molar-refractivity contribution in [2.75, 3.05) is 0 Å². The molecule has 0 radical (unpaired) electrons. The van der Waals surface area contributed by atoms with E-state index in [1.165, 1.54) is 30.0 Å². The maximum Gasteiger partial charge on any atom is 0.406 e. The Bertz CT molecular complexity index is 927. The van der Waals surface area contributed by atoms with E-state index in [0.717, 1.165) is 0 Å². The van der Waals surface area contributed by atoms with Gasteiger partial charge in [-0.05, 0) is 38.0 Å². The number of aliphatic carboxylic acids is 1. The van der Waals surface area contributed by atoms with Gasteiger partial charge in [0.25, 0.3) is 5.91 Å². The lowest BCUT2D eigenvalue weighted by Gasteiger charge is -2.26. The van der Waals surface area contributed by atoms with Gasteiger partial charge in [0, 0.05) is 11.6 Å². The van der Waals surface area contributed by atoms with Gasteiger partial charge in [0.15, 0.2) is 0 Å². The molecule has 1 aromatic heterocycles. The number of carboxylic acids is 1. The highest BCUT2D eigenvalue weighted by molar-refractivity contribution is 5.99. The van der Waals surface area contributed by atoms with E-state index in [1.807, 2.05) is 0 Å². The number of benzene rings is 1. The summed E-state index contributed by atoms with van der Waals surface area (Å²) in [4.78, 5) is 39.3. The fourth-order valence-electron chi connectivity index (χ4n) is 2.91. The Morgan fingerprint density at radius 3 is 2.58 bits per heavy atom. The molecule has 2 N–H and O–H groups in total. The Hall–Kier alpha value is -2.78. The molecular weight excluding hydrogens is 355 g/mol. The van der Waals surface area contributed by atoms with Crippen molar-refractivity contribution >= 4 is 22.9 Å². The number of carboxylic acid groups (broad SMARTS) is 1. The average molecular weight is 371 g/mol. The second-order valence-electron chi connectivity index (χ2n) is 6.32. The molecule has 1 aliphatic rings. The normalized spacial score (nSPS) is 15.8. The number of amides is 1. The first kappa shape index (κ1) is 18.0. The lowest BCUT2D eigenvalue weighted by atomic mass is 10.1. The predicted molar refractivity (Wildman–Crippen MR) is 84.9 cm³/mol. The van der Waals surface area contributed by atoms with E-state index < -0.39 is 36.3 Å². The van der Waals surface area contributed by atoms with Gasteiger partial charge in [-0.25, -0.2) is 9.59 Å². The molecule has 2 aromatic rings. The standard InChI is InChI=1S/C16H16F3N3O4/c1-8(14(24)25)22(10-3-4-10)13(23)9-2-5-12-11(6-9)20-15(26)21(12)7-16(17,18)19/h2,5-6,8,10H,3-4,7H2,1H3,(H,20,26)(H,24,25). The number of nitrogens with zero attached hydrogens (tertiary/aromatic N) is 2. The quantitative estimate of drug-likeness (QED) is 0.840. The number of hydrogen-bond acceptors (Lipinski definition) is 3. The molecule has 1 aromatic carbocycles. The number of fused-ring (bicyclic) bond motifs is 1. The van der Waals surface area contributed by atoms with Crippen LogP contribution < -0.4 is 5.69 Å². The molecule has 1 unspecified atom stereocenters. The first-order valence-corrected chi connectivity index (χ1v) is 7.93. The van der Waals surface area contributed by atoms with Crippen molar-refractivity contribution in [1.29, 1.82) is 0 Å². The minimum atomic E-state index is -4.56. The summed E-state index contributed by atoms with van der Waals surface area (Å²) in [6.45, 7) is -0.0395. The zero-order valence-corrected chi connectivity index (χ0v) is 13.7. The van der Waals surface area contributed by atoms with E-state index in [2.05, 4.69) is 4.98 Å². The molecule has 0 saturated heterocycles. The van der Waals surface area contributed by atoms with Crippen LogP contribution in [0, 0.1) is 0 Å². The maximum atomic E-state index is 12.7. The lowest BCUT2D eigenvalue weighted by molar-refractivity contribution is -0.142. The van der Waals surface area contributed by atoms with Gasteiger partial charge < -0.3 is 15.0 Å². The first-order valence-electron chi connectivity index (χ1n) is 7.93. The van der Waals surface area contributed by atoms with Crippen LogP contribution in [0.1, 0.15) is 30.1 Å². The highest BCUT2D eigenvalue weighted by Crippen LogP contribution is 2.31. The van der Waals surface area contributed by atoms with Crippen molar-refractivity contribution in [1.82, 2.24) is 14.5 Å². The molecule has 0 bridgehead atoms. The number of rotatable bonds is 5. The van der Waals surface area contributed by atoms with Crippen LogP contribution in [0.25, 0.3) is 11.0 Å². The van der Waals surface area contributed by atoms with Gasteiger partial charge in [0.2, 0.25) is 0 Å². The molecule has 7 nitrogen and oxygen atoms in total. The van der Waals surface area contributed by atoms with Gasteiger partial charge in [-0.15, -0.1) is 0 Å². The van der Waals surface area contributed by atoms with Crippen molar-refractivity contribution in [2.45, 2.75) is 44.6 Å². The molecule has 1 heterocycles. The molecule has 1 aliphatic carbocycles. The molecule has 1 atom stereocenters. The summed E-state index contributed by atoms with van der Waals surface area (Å²) in [6.07, 6.45) is -3.16. The smallest absolute Gasteiger partial charge is 0.406 e. The summed E-state index contributed by atoms with van der Waals surface area (Å²) in [6, 6.07) is 2.63. The fourth-order valence-corrected chi connectivity index (χ4v) is 2.91. The summed E-state index contributed by atoms with van der Waals surface area (Å²) in [5.74, 6) is -1.68. The third-order valence-electron chi connectivity index (χ3n) is 4.31. The Balaban J connectivity index is 1.97. The highest BCUT2D eigenvalue weighted by atomic mass is 19.4. The van der Waals surface area contributed by atoms with Crippen LogP contribution >= 0.6 is 0 Å². The van der Waals surface area contributed by atoms with Crippen molar-refractivity contribution in [3.05, 3.63) is 34.2 Å². The van der Waals surface area contributed by atoms with Crippen LogP contribution in [0.2, 0.25) is 0 Å². The fraction of sp³-hybridized carbons (Fsp3) is 0.438. The van der Waals surface area contributed by atoms with Crippen molar-refractivity contribution in [2.24, 2.45) is 0 Å². The van der Waals surface area contributed by atoms with Gasteiger partial charge in [-0.1, -0.05) is 0 Å². The van der Waals surface area contributed by atoms with E-state index in [9.17, 15) is 32.7 Å². The SMILES string of the molecule is CC(C(=O)O)N(C(=O)c1ccc2c(c1)[nH]c(=O)n2CC(F)(F)F)C1CC1. The van der Waals surface area contributed by atoms with Gasteiger partial charge in [0.05, 0.1) is 11.0 Å². The molecule has 1 amide bonds. The number of aromatic amines is 1. The molecular formula is C16H16F3N3O4. The Morgan fingerprint density at radius 2 is 2.04 bits per heavy atom. The molecule has 0 spiro atoms. The highest BCUT2D eigenvalue weighted by Gasteiger charge is 2.39. The van der Waals surface area contributed by atoms with Gasteiger partial charge in [0.1, 0.15) is 12.6 Å². The third-order valence-corrected chi connectivity index (χ3v) is 4.31. The number of carbonyl (C=O) groups is 2. The Labute approximate surface area is 145 Å². The van der Waals surface area contributed by atoms with Gasteiger partial charge >= 0.3 is 17.8 Å². The lowest BCUT2D eigenvalue weighted by Crippen LogP contribution is -2.44. The predicted octanol–water partition coefficient (Wildman–Crippen LogP) is 1.97. The minimum Gasteiger partial charge on any atom is -0.480 e. The average Bonchev–Trinajstić information content (AvgIpc) is 3.31. The zero-order chi connectivity index (χ0) is 19.2. The summed E-state index contributed by atoms with van der Waals surface area (Å²) in [5, 5.41) is 9.19. The van der Waals surface area contributed by atoms with Crippen molar-refractivity contribution in [3.8, 4) is 0 Å². The van der Waals surface area contributed by atoms with Crippen LogP contribution in [-0.2, 0) is 11.3 Å². The topological polar surface area (TPSA) is 95.4 Å². The van der Waals surface area contributed by atoms with E-state index in [0.29, 0.717) is 17.4 Å². The van der Waals surface area contributed by atoms with E-state index in [-0.39, 0.29) is 22.6 Å². The maximum absolute atomic E-state index is 12.7. The van der Waals surface area contributed by atoms with E-state index in [1.54, 1.807) is 0 Å². The monoisotopic (exact) mass is 371 g/mol. The second-order valence-corrected chi connectivity index (χ2v) is 6.32. The second kappa shape index (κ2) is 6.19. The number of imidazole rings is 1. The number of carbonyl (C=O) groups excluding carboxylic acids is 1. The Kier molecular flexibility index (Phi) is 4.29. The number of H-pyrrole nitrogens is 1. The molecule has 1 saturated carbocycles. The van der Waals surface area contributed by atoms with Crippen LogP contribution in [0.4, 0.5) is 13.2 Å². The number of aromatic nitrogens is 2. The summed E-state index contributed by atoms with van der Waals surface area (Å²) in [7, 11) is 0. The first-order chi connectivity index (χ1) is 12.1. The zero-order valence-electron chi connectivity index (χ0n) is 13.7. The number of hydrogen-bond donors (Lipinski definition) is 2. The largest absolute Gasteiger partial charge is 0.480 e. The Morgan fingerprint density at radius 1 is 1.38 bits per heavy atom. The van der Waals surface area contributed by atoms with Gasteiger partial charge in [-0.3, -0.25) is 9.36 Å². The third kappa shape index (κ3) is 3.44. The van der Waals surface area contributed by atoms with Crippen LogP contribution in [0.3, 0.4) is 0 Å². The number of nitrogens with one attached hydrogen (secondary N) is 1. The molecule has 10 heteroatoms. The summed E-state index contributed by atoms with van der Waals surface area (Å²) in [5.41, 5.74) is -0.713. The molecule has 1 fully saturated rings. The molecule has 0 aliphatic heterocycles. The van der Waals surface area contributed by atoms with Crippen LogP contribution in [0.15, 0.2) is 23.0 Å². The van der Waals surface area contributed by atoms with Crippen LogP contribution in [0.5, 0.6) is 0 Å². The summed E-state index contributed by atoms with van der Waals surface area (Å²) < 4.78 is 38.4. The molecule has 140 valence electrons. The minimum absolute atomic E-state index is 0.0214.